The van der Waals surface area contributed by atoms with Crippen molar-refractivity contribution in [3.05, 3.63) is 17.7 Å². The number of aromatic hydroxyl groups is 1. The van der Waals surface area contributed by atoms with Gasteiger partial charge in [-0.05, 0) is 43.0 Å². The zero-order chi connectivity index (χ0) is 43.8. The predicted molar refractivity (Wildman–Crippen MR) is 283 cm³/mol. The second-order valence-corrected chi connectivity index (χ2v) is 21.4. The average molecular weight is 888 g/mol. The van der Waals surface area contributed by atoms with Crippen molar-refractivity contribution in [2.45, 2.75) is 331 Å². The number of aryl methyl sites for hydroxylation is 1. The number of phenols is 1. The topological polar surface area (TPSA) is 20.2 Å². The molecule has 360 valence electrons. The number of hydrogen-bond acceptors (Lipinski definition) is 3. The van der Waals surface area contributed by atoms with Gasteiger partial charge in [-0.1, -0.05) is 309 Å². The molecule has 61 heavy (non-hydrogen) atoms. The molecular formula is C58H110OS2. The number of thioether (sulfide) groups is 2. The van der Waals surface area contributed by atoms with Gasteiger partial charge in [-0.2, -0.15) is 0 Å². The summed E-state index contributed by atoms with van der Waals surface area (Å²) in [5, 5.41) is 10.3. The Bertz CT molecular complexity index is 967. The largest absolute Gasteiger partial charge is 0.506 e. The van der Waals surface area contributed by atoms with Crippen LogP contribution < -0.4 is 0 Å². The molecule has 0 bridgehead atoms. The zero-order valence-electron chi connectivity index (χ0n) is 42.1. The first-order chi connectivity index (χ1) is 30.2. The second kappa shape index (κ2) is 49.2. The summed E-state index contributed by atoms with van der Waals surface area (Å²) in [7, 11) is 0. The highest BCUT2D eigenvalue weighted by Gasteiger charge is 2.09. The van der Waals surface area contributed by atoms with Crippen LogP contribution in [0, 0.1) is 0 Å². The Hall–Kier alpha value is -0.280. The number of phenolic OH excluding ortho intramolecular Hbond substituents is 1. The van der Waals surface area contributed by atoms with E-state index >= 15 is 0 Å². The normalized spacial score (nSPS) is 11.7. The highest BCUT2D eigenvalue weighted by Crippen LogP contribution is 2.37. The van der Waals surface area contributed by atoms with Crippen molar-refractivity contribution < 1.29 is 5.11 Å². The Kier molecular flexibility index (Phi) is 47.3. The summed E-state index contributed by atoms with van der Waals surface area (Å²) >= 11 is 3.30. The highest BCUT2D eigenvalue weighted by atomic mass is 32.2. The number of benzene rings is 1. The molecule has 1 N–H and O–H groups in total. The van der Waals surface area contributed by atoms with Crippen LogP contribution in [0.5, 0.6) is 5.75 Å². The van der Waals surface area contributed by atoms with Crippen LogP contribution in [0.25, 0.3) is 0 Å². The third kappa shape index (κ3) is 40.9. The van der Waals surface area contributed by atoms with Crippen LogP contribution in [0.1, 0.15) is 321 Å². The zero-order valence-corrected chi connectivity index (χ0v) is 43.7. The smallest absolute Gasteiger partial charge is 0.142 e. The van der Waals surface area contributed by atoms with Crippen LogP contribution in [-0.4, -0.2) is 17.6 Å². The average Bonchev–Trinajstić information content (AvgIpc) is 3.27. The first kappa shape index (κ1) is 58.7. The molecule has 0 aliphatic heterocycles. The lowest BCUT2D eigenvalue weighted by Gasteiger charge is -2.10. The molecule has 1 aromatic carbocycles. The third-order valence-electron chi connectivity index (χ3n) is 13.9. The molecule has 0 saturated heterocycles. The van der Waals surface area contributed by atoms with E-state index in [2.05, 4.69) is 31.6 Å². The lowest BCUT2D eigenvalue weighted by atomic mass is 10.0. The SMILES string of the molecule is CCCCCCCCCCCCCCCCCCCCCCCCCCCCCCCCCCCCCCCCCCCCCCCCCCc1cc(SC)c(O)c(SC)c1. The quantitative estimate of drug-likeness (QED) is 0.0520. The minimum atomic E-state index is 0.464. The first-order valence-electron chi connectivity index (χ1n) is 28.2. The lowest BCUT2D eigenvalue weighted by Crippen LogP contribution is -1.89. The van der Waals surface area contributed by atoms with E-state index in [0.717, 1.165) is 16.2 Å². The maximum atomic E-state index is 10.3. The molecular weight excluding hydrogens is 777 g/mol. The fourth-order valence-electron chi connectivity index (χ4n) is 9.63. The van der Waals surface area contributed by atoms with Gasteiger partial charge in [-0.25, -0.2) is 0 Å². The summed E-state index contributed by atoms with van der Waals surface area (Å²) in [4.78, 5) is 2.05. The van der Waals surface area contributed by atoms with Gasteiger partial charge >= 0.3 is 0 Å². The van der Waals surface area contributed by atoms with Crippen LogP contribution in [0.3, 0.4) is 0 Å². The molecule has 0 aliphatic carbocycles. The van der Waals surface area contributed by atoms with Gasteiger partial charge in [0.2, 0.25) is 0 Å². The molecule has 0 spiro atoms. The van der Waals surface area contributed by atoms with Gasteiger partial charge in [0.15, 0.2) is 0 Å². The van der Waals surface area contributed by atoms with Crippen LogP contribution in [0.2, 0.25) is 0 Å². The van der Waals surface area contributed by atoms with Crippen LogP contribution in [0.4, 0.5) is 0 Å². The van der Waals surface area contributed by atoms with E-state index in [4.69, 9.17) is 0 Å². The lowest BCUT2D eigenvalue weighted by molar-refractivity contribution is 0.448. The molecule has 0 amide bonds. The van der Waals surface area contributed by atoms with E-state index in [0.29, 0.717) is 5.75 Å². The minimum Gasteiger partial charge on any atom is -0.506 e. The van der Waals surface area contributed by atoms with Crippen LogP contribution in [0.15, 0.2) is 21.9 Å². The summed E-state index contributed by atoms with van der Waals surface area (Å²) < 4.78 is 0. The van der Waals surface area contributed by atoms with Gasteiger partial charge in [-0.3, -0.25) is 0 Å². The molecule has 0 fully saturated rings. The number of unbranched alkanes of at least 4 members (excludes halogenated alkanes) is 47. The molecule has 1 nitrogen and oxygen atoms in total. The molecule has 0 aliphatic rings. The van der Waals surface area contributed by atoms with Crippen molar-refractivity contribution in [1.82, 2.24) is 0 Å². The van der Waals surface area contributed by atoms with Gasteiger partial charge in [0, 0.05) is 0 Å². The molecule has 1 aromatic rings. The van der Waals surface area contributed by atoms with Gasteiger partial charge in [0.1, 0.15) is 5.75 Å². The summed E-state index contributed by atoms with van der Waals surface area (Å²) in [6, 6.07) is 4.37. The minimum absolute atomic E-state index is 0.464. The second-order valence-electron chi connectivity index (χ2n) is 19.7. The summed E-state index contributed by atoms with van der Waals surface area (Å²) in [6.07, 6.45) is 75.7. The Labute approximate surface area is 393 Å². The van der Waals surface area contributed by atoms with E-state index < -0.39 is 0 Å². The van der Waals surface area contributed by atoms with E-state index in [1.54, 1.807) is 23.5 Å². The Morgan fingerprint density at radius 3 is 0.607 bits per heavy atom. The van der Waals surface area contributed by atoms with Crippen LogP contribution >= 0.6 is 23.5 Å². The van der Waals surface area contributed by atoms with Crippen molar-refractivity contribution in [3.8, 4) is 5.75 Å². The van der Waals surface area contributed by atoms with Crippen molar-refractivity contribution in [2.24, 2.45) is 0 Å². The molecule has 0 unspecified atom stereocenters. The first-order valence-corrected chi connectivity index (χ1v) is 30.6. The summed E-state index contributed by atoms with van der Waals surface area (Å²) in [5.41, 5.74) is 1.38. The van der Waals surface area contributed by atoms with Crippen molar-refractivity contribution in [1.29, 1.82) is 0 Å². The molecule has 1 rings (SSSR count). The number of hydrogen-bond donors (Lipinski definition) is 1. The van der Waals surface area contributed by atoms with Crippen LogP contribution in [-0.2, 0) is 6.42 Å². The predicted octanol–water partition coefficient (Wildman–Crippen LogP) is 22.1. The van der Waals surface area contributed by atoms with Crippen molar-refractivity contribution in [3.63, 3.8) is 0 Å². The van der Waals surface area contributed by atoms with Gasteiger partial charge in [0.05, 0.1) is 9.79 Å². The standard InChI is InChI=1S/C58H110OS2/c1-4-5-6-7-8-9-10-11-12-13-14-15-16-17-18-19-20-21-22-23-24-25-26-27-28-29-30-31-32-33-34-35-36-37-38-39-40-41-42-43-44-45-46-47-48-49-50-51-52-55-53-56(60-2)58(59)57(54-55)61-3/h53-54,59H,4-52H2,1-3H3. The Balaban J connectivity index is 1.65. The number of rotatable bonds is 51. The van der Waals surface area contributed by atoms with Gasteiger partial charge < -0.3 is 5.11 Å². The molecule has 0 aromatic heterocycles. The summed E-state index contributed by atoms with van der Waals surface area (Å²) in [6.45, 7) is 2.31. The maximum Gasteiger partial charge on any atom is 0.142 e. The van der Waals surface area contributed by atoms with Gasteiger partial charge in [0.25, 0.3) is 0 Å². The Morgan fingerprint density at radius 2 is 0.443 bits per heavy atom. The van der Waals surface area contributed by atoms with Crippen molar-refractivity contribution in [2.75, 3.05) is 12.5 Å². The molecule has 0 heterocycles. The molecule has 0 radical (unpaired) electrons. The molecule has 0 atom stereocenters. The Morgan fingerprint density at radius 1 is 0.279 bits per heavy atom. The highest BCUT2D eigenvalue weighted by molar-refractivity contribution is 7.99. The monoisotopic (exact) mass is 887 g/mol. The van der Waals surface area contributed by atoms with Crippen molar-refractivity contribution >= 4 is 23.5 Å². The maximum absolute atomic E-state index is 10.3. The fourth-order valence-corrected chi connectivity index (χ4v) is 10.8. The molecule has 3 heteroatoms. The van der Waals surface area contributed by atoms with E-state index in [-0.39, 0.29) is 0 Å². The molecule has 0 saturated carbocycles. The third-order valence-corrected chi connectivity index (χ3v) is 15.4. The summed E-state index contributed by atoms with van der Waals surface area (Å²) in [5.74, 6) is 0.464. The van der Waals surface area contributed by atoms with E-state index in [1.807, 2.05) is 0 Å². The fraction of sp³-hybridized carbons (Fsp3) is 0.897. The van der Waals surface area contributed by atoms with E-state index in [9.17, 15) is 5.11 Å². The van der Waals surface area contributed by atoms with E-state index in [1.165, 1.54) is 314 Å². The van der Waals surface area contributed by atoms with Gasteiger partial charge in [-0.15, -0.1) is 23.5 Å².